The highest BCUT2D eigenvalue weighted by molar-refractivity contribution is 6.13. The van der Waals surface area contributed by atoms with Crippen LogP contribution in [0.15, 0.2) is 36.4 Å². The fourth-order valence-corrected chi connectivity index (χ4v) is 3.66. The highest BCUT2D eigenvalue weighted by Crippen LogP contribution is 2.38. The van der Waals surface area contributed by atoms with Crippen LogP contribution in [-0.2, 0) is 20.8 Å². The van der Waals surface area contributed by atoms with E-state index < -0.39 is 70.4 Å². The van der Waals surface area contributed by atoms with E-state index in [0.717, 1.165) is 18.2 Å². The van der Waals surface area contributed by atoms with Crippen LogP contribution >= 0.6 is 0 Å². The minimum Gasteiger partial charge on any atom is -0.465 e. The Hall–Kier alpha value is -4.22. The summed E-state index contributed by atoms with van der Waals surface area (Å²) >= 11 is 0. The second-order valence-electron chi connectivity index (χ2n) is 12.9. The topological polar surface area (TPSA) is 125 Å². The number of ether oxygens (including phenoxy) is 2. The van der Waals surface area contributed by atoms with E-state index in [1.54, 1.807) is 0 Å². The Balaban J connectivity index is 2.82. The fourth-order valence-electron chi connectivity index (χ4n) is 3.66. The minimum atomic E-state index is -1.57. The van der Waals surface area contributed by atoms with Crippen molar-refractivity contribution in [3.8, 4) is 0 Å². The van der Waals surface area contributed by atoms with Gasteiger partial charge in [0.05, 0.1) is 17.9 Å². The molecule has 10 nitrogen and oxygen atoms in total. The van der Waals surface area contributed by atoms with Gasteiger partial charge in [-0.15, -0.1) is 0 Å². The SMILES string of the molecule is CC(C)(C)CC(=O)Nc1ccc(N(Cc2ccc(F)cc2)C(=O)O)c(F)c1N(C(=O)OC(C)(C)C)C(=O)OC(C)(C)C. The first-order chi connectivity index (χ1) is 19.1. The average Bonchev–Trinajstić information content (AvgIpc) is 2.77. The van der Waals surface area contributed by atoms with E-state index in [-0.39, 0.29) is 12.1 Å². The lowest BCUT2D eigenvalue weighted by molar-refractivity contribution is -0.117. The molecule has 2 rings (SSSR count). The zero-order valence-corrected chi connectivity index (χ0v) is 25.4. The number of benzene rings is 2. The predicted molar refractivity (Wildman–Crippen MR) is 155 cm³/mol. The van der Waals surface area contributed by atoms with E-state index >= 15 is 4.39 Å². The molecule has 0 radical (unpaired) electrons. The van der Waals surface area contributed by atoms with Gasteiger partial charge in [0.1, 0.15) is 22.7 Å². The van der Waals surface area contributed by atoms with Gasteiger partial charge >= 0.3 is 18.3 Å². The molecular weight excluding hydrogens is 552 g/mol. The normalized spacial score (nSPS) is 11.9. The Morgan fingerprint density at radius 3 is 1.74 bits per heavy atom. The fraction of sp³-hybridized carbons (Fsp3) is 0.467. The number of imide groups is 1. The number of carbonyl (C=O) groups excluding carboxylic acids is 3. The summed E-state index contributed by atoms with van der Waals surface area (Å²) in [4.78, 5) is 52.9. The maximum Gasteiger partial charge on any atom is 0.424 e. The second kappa shape index (κ2) is 12.7. The molecule has 0 unspecified atom stereocenters. The summed E-state index contributed by atoms with van der Waals surface area (Å²) in [5.41, 5.74) is -4.01. The number of hydrogen-bond acceptors (Lipinski definition) is 6. The lowest BCUT2D eigenvalue weighted by atomic mass is 9.92. The summed E-state index contributed by atoms with van der Waals surface area (Å²) in [7, 11) is 0. The molecule has 12 heteroatoms. The van der Waals surface area contributed by atoms with Crippen LogP contribution in [0.2, 0.25) is 0 Å². The number of halogens is 2. The molecule has 0 aliphatic carbocycles. The Labute approximate surface area is 244 Å². The third-order valence-corrected chi connectivity index (χ3v) is 5.21. The molecule has 0 atom stereocenters. The van der Waals surface area contributed by atoms with Crippen LogP contribution in [0.5, 0.6) is 0 Å². The predicted octanol–water partition coefficient (Wildman–Crippen LogP) is 7.70. The van der Waals surface area contributed by atoms with Gasteiger partial charge in [-0.3, -0.25) is 9.69 Å². The molecule has 2 N–H and O–H groups in total. The number of rotatable bonds is 6. The van der Waals surface area contributed by atoms with Crippen LogP contribution in [0.3, 0.4) is 0 Å². The van der Waals surface area contributed by atoms with Crippen LogP contribution in [-0.4, -0.2) is 40.5 Å². The van der Waals surface area contributed by atoms with Crippen molar-refractivity contribution in [3.05, 3.63) is 53.6 Å². The summed E-state index contributed by atoms with van der Waals surface area (Å²) in [6.07, 6.45) is -4.21. The highest BCUT2D eigenvalue weighted by atomic mass is 19.1. The second-order valence-corrected chi connectivity index (χ2v) is 12.9. The van der Waals surface area contributed by atoms with E-state index in [1.807, 2.05) is 20.8 Å². The molecule has 0 aromatic heterocycles. The van der Waals surface area contributed by atoms with Gasteiger partial charge < -0.3 is 19.9 Å². The summed E-state index contributed by atoms with van der Waals surface area (Å²) in [5.74, 6) is -2.43. The van der Waals surface area contributed by atoms with E-state index in [4.69, 9.17) is 9.47 Å². The van der Waals surface area contributed by atoms with Crippen molar-refractivity contribution in [2.75, 3.05) is 15.1 Å². The van der Waals surface area contributed by atoms with Gasteiger partial charge in [0.2, 0.25) is 5.91 Å². The summed E-state index contributed by atoms with van der Waals surface area (Å²) in [5, 5.41) is 12.5. The van der Waals surface area contributed by atoms with E-state index in [0.29, 0.717) is 15.4 Å². The highest BCUT2D eigenvalue weighted by Gasteiger charge is 2.38. The van der Waals surface area contributed by atoms with Crippen LogP contribution in [0.1, 0.15) is 74.3 Å². The zero-order chi connectivity index (χ0) is 32.2. The first-order valence-electron chi connectivity index (χ1n) is 13.2. The van der Waals surface area contributed by atoms with Crippen molar-refractivity contribution in [1.29, 1.82) is 0 Å². The van der Waals surface area contributed by atoms with Crippen molar-refractivity contribution in [1.82, 2.24) is 0 Å². The Morgan fingerprint density at radius 1 is 0.810 bits per heavy atom. The van der Waals surface area contributed by atoms with Gasteiger partial charge in [-0.05, 0) is 76.8 Å². The molecule has 42 heavy (non-hydrogen) atoms. The number of hydrogen-bond donors (Lipinski definition) is 2. The zero-order valence-electron chi connectivity index (χ0n) is 25.4. The summed E-state index contributed by atoms with van der Waals surface area (Å²) < 4.78 is 40.8. The van der Waals surface area contributed by atoms with Gasteiger partial charge in [0.25, 0.3) is 0 Å². The van der Waals surface area contributed by atoms with Crippen molar-refractivity contribution in [3.63, 3.8) is 0 Å². The number of amides is 4. The minimum absolute atomic E-state index is 0.000499. The van der Waals surface area contributed by atoms with E-state index in [1.165, 1.54) is 59.7 Å². The molecular formula is C30H39F2N3O7. The Morgan fingerprint density at radius 2 is 1.31 bits per heavy atom. The molecule has 0 aliphatic rings. The smallest absolute Gasteiger partial charge is 0.424 e. The molecule has 0 heterocycles. The lowest BCUT2D eigenvalue weighted by Gasteiger charge is -2.31. The molecule has 0 fully saturated rings. The van der Waals surface area contributed by atoms with Gasteiger partial charge in [-0.25, -0.2) is 23.2 Å². The average molecular weight is 592 g/mol. The quantitative estimate of drug-likeness (QED) is 0.353. The maximum absolute atomic E-state index is 16.6. The maximum atomic E-state index is 16.6. The number of carboxylic acid groups (broad SMARTS) is 1. The molecule has 0 aliphatic heterocycles. The number of nitrogens with zero attached hydrogens (tertiary/aromatic N) is 2. The first kappa shape index (κ1) is 34.0. The Kier molecular flexibility index (Phi) is 10.3. The van der Waals surface area contributed by atoms with Gasteiger partial charge in [-0.1, -0.05) is 32.9 Å². The summed E-state index contributed by atoms with van der Waals surface area (Å²) in [6.45, 7) is 14.2. The number of carbonyl (C=O) groups is 4. The van der Waals surface area contributed by atoms with Crippen LogP contribution in [0.4, 0.5) is 40.2 Å². The van der Waals surface area contributed by atoms with Gasteiger partial charge in [0, 0.05) is 6.42 Å². The van der Waals surface area contributed by atoms with Crippen molar-refractivity contribution in [2.45, 2.75) is 86.5 Å². The van der Waals surface area contributed by atoms with Crippen molar-refractivity contribution >= 4 is 41.2 Å². The molecule has 0 bridgehead atoms. The number of nitrogens with one attached hydrogen (secondary N) is 1. The molecule has 4 amide bonds. The molecule has 0 saturated carbocycles. The van der Waals surface area contributed by atoms with E-state index in [2.05, 4.69) is 5.32 Å². The standard InChI is InChI=1S/C30H39F2N3O7/c1-28(2,3)16-22(36)33-20-14-15-21(34(25(37)38)17-18-10-12-19(31)13-11-18)23(32)24(20)35(26(39)41-29(4,5)6)27(40)42-30(7,8)9/h10-15H,16-17H2,1-9H3,(H,33,36)(H,37,38). The first-order valence-corrected chi connectivity index (χ1v) is 13.2. The third kappa shape index (κ3) is 10.0. The van der Waals surface area contributed by atoms with Crippen LogP contribution in [0, 0.1) is 17.0 Å². The number of anilines is 3. The van der Waals surface area contributed by atoms with Crippen LogP contribution < -0.4 is 15.1 Å². The molecule has 0 saturated heterocycles. The van der Waals surface area contributed by atoms with Gasteiger partial charge in [-0.2, -0.15) is 4.90 Å². The molecule has 2 aromatic rings. The Bertz CT molecular complexity index is 1300. The third-order valence-electron chi connectivity index (χ3n) is 5.21. The van der Waals surface area contributed by atoms with Gasteiger partial charge in [0.15, 0.2) is 5.82 Å². The van der Waals surface area contributed by atoms with Crippen molar-refractivity contribution in [2.24, 2.45) is 5.41 Å². The monoisotopic (exact) mass is 591 g/mol. The molecule has 2 aromatic carbocycles. The van der Waals surface area contributed by atoms with Crippen molar-refractivity contribution < 1.29 is 42.5 Å². The largest absolute Gasteiger partial charge is 0.465 e. The molecule has 0 spiro atoms. The summed E-state index contributed by atoms with van der Waals surface area (Å²) in [6, 6.07) is 7.18. The molecule has 230 valence electrons. The van der Waals surface area contributed by atoms with E-state index in [9.17, 15) is 28.7 Å². The lowest BCUT2D eigenvalue weighted by Crippen LogP contribution is -2.45. The van der Waals surface area contributed by atoms with Crippen LogP contribution in [0.25, 0.3) is 0 Å².